The fourth-order valence-electron chi connectivity index (χ4n) is 3.07. The van der Waals surface area contributed by atoms with Gasteiger partial charge in [-0.3, -0.25) is 10.1 Å². The molecule has 1 aromatic carbocycles. The van der Waals surface area contributed by atoms with Crippen LogP contribution in [0.15, 0.2) is 52.9 Å². The number of fused-ring (bicyclic) bond motifs is 1. The molecule has 3 aromatic heterocycles. The largest absolute Gasteiger partial charge is 0.325 e. The van der Waals surface area contributed by atoms with Crippen molar-refractivity contribution in [1.29, 1.82) is 0 Å². The van der Waals surface area contributed by atoms with Gasteiger partial charge in [0.1, 0.15) is 5.15 Å². The van der Waals surface area contributed by atoms with Crippen LogP contribution in [0, 0.1) is 6.92 Å². The molecule has 0 atom stereocenters. The van der Waals surface area contributed by atoms with E-state index in [0.717, 1.165) is 16.5 Å². The standard InChI is InChI=1S/C20H16ClN5O2S/c1-11-3-4-13(24-19(28)25-20-22-5-6-29-20)8-14(11)15-7-12-10-23-17(21)9-16(12)26(2)18(15)27/h3-10H,1-2H3,(H2,22,24,25,28). The van der Waals surface area contributed by atoms with Crippen LogP contribution >= 0.6 is 22.9 Å². The molecule has 0 saturated carbocycles. The molecule has 0 spiro atoms. The van der Waals surface area contributed by atoms with Gasteiger partial charge in [-0.05, 0) is 42.3 Å². The van der Waals surface area contributed by atoms with E-state index in [9.17, 15) is 9.59 Å². The van der Waals surface area contributed by atoms with Crippen molar-refractivity contribution < 1.29 is 4.79 Å². The van der Waals surface area contributed by atoms with E-state index in [2.05, 4.69) is 20.6 Å². The van der Waals surface area contributed by atoms with Crippen LogP contribution < -0.4 is 16.2 Å². The molecule has 3 heterocycles. The van der Waals surface area contributed by atoms with Crippen molar-refractivity contribution in [2.75, 3.05) is 10.6 Å². The van der Waals surface area contributed by atoms with Gasteiger partial charge in [-0.25, -0.2) is 14.8 Å². The minimum atomic E-state index is -0.403. The summed E-state index contributed by atoms with van der Waals surface area (Å²) in [7, 11) is 1.70. The second kappa shape index (κ2) is 7.65. The van der Waals surface area contributed by atoms with Gasteiger partial charge in [0.15, 0.2) is 5.13 Å². The highest BCUT2D eigenvalue weighted by atomic mass is 35.5. The Balaban J connectivity index is 1.73. The van der Waals surface area contributed by atoms with Gasteiger partial charge in [-0.15, -0.1) is 11.3 Å². The zero-order valence-corrected chi connectivity index (χ0v) is 17.1. The highest BCUT2D eigenvalue weighted by molar-refractivity contribution is 7.13. The Bertz CT molecular complexity index is 1280. The summed E-state index contributed by atoms with van der Waals surface area (Å²) in [5.41, 5.74) is 3.27. The number of pyridine rings is 2. The number of nitrogens with zero attached hydrogens (tertiary/aromatic N) is 3. The number of thiazole rings is 1. The van der Waals surface area contributed by atoms with Crippen LogP contribution in [-0.4, -0.2) is 20.6 Å². The Labute approximate surface area is 175 Å². The van der Waals surface area contributed by atoms with Crippen molar-refractivity contribution in [3.05, 3.63) is 69.2 Å². The summed E-state index contributed by atoms with van der Waals surface area (Å²) in [5.74, 6) is 0. The quantitative estimate of drug-likeness (QED) is 0.467. The molecule has 2 amide bonds. The minimum Gasteiger partial charge on any atom is -0.311 e. The van der Waals surface area contributed by atoms with E-state index in [1.54, 1.807) is 53.7 Å². The molecule has 9 heteroatoms. The number of hydrogen-bond donors (Lipinski definition) is 2. The molecule has 0 fully saturated rings. The topological polar surface area (TPSA) is 88.9 Å². The molecule has 0 aliphatic carbocycles. The van der Waals surface area contributed by atoms with Crippen molar-refractivity contribution in [1.82, 2.24) is 14.5 Å². The van der Waals surface area contributed by atoms with E-state index < -0.39 is 6.03 Å². The van der Waals surface area contributed by atoms with Gasteiger partial charge in [0.05, 0.1) is 5.52 Å². The molecule has 29 heavy (non-hydrogen) atoms. The number of aromatic nitrogens is 3. The van der Waals surface area contributed by atoms with Crippen molar-refractivity contribution in [2.45, 2.75) is 6.92 Å². The average molecular weight is 426 g/mol. The Morgan fingerprint density at radius 3 is 2.72 bits per heavy atom. The lowest BCUT2D eigenvalue weighted by Crippen LogP contribution is -2.20. The van der Waals surface area contributed by atoms with Crippen LogP contribution in [0.4, 0.5) is 15.6 Å². The van der Waals surface area contributed by atoms with Crippen molar-refractivity contribution in [3.63, 3.8) is 0 Å². The van der Waals surface area contributed by atoms with E-state index in [1.165, 1.54) is 11.3 Å². The summed E-state index contributed by atoms with van der Waals surface area (Å²) in [5, 5.41) is 8.84. The highest BCUT2D eigenvalue weighted by Crippen LogP contribution is 2.27. The number of rotatable bonds is 3. The first kappa shape index (κ1) is 19.1. The van der Waals surface area contributed by atoms with E-state index in [-0.39, 0.29) is 5.56 Å². The number of nitrogens with one attached hydrogen (secondary N) is 2. The predicted octanol–water partition coefficient (Wildman–Crippen LogP) is 4.66. The van der Waals surface area contributed by atoms with Gasteiger partial charge in [0.2, 0.25) is 0 Å². The number of urea groups is 1. The molecule has 0 aliphatic rings. The summed E-state index contributed by atoms with van der Waals surface area (Å²) in [6, 6.07) is 8.48. The van der Waals surface area contributed by atoms with Crippen LogP contribution in [0.3, 0.4) is 0 Å². The lowest BCUT2D eigenvalue weighted by Gasteiger charge is -2.13. The van der Waals surface area contributed by atoms with E-state index >= 15 is 0 Å². The molecule has 2 N–H and O–H groups in total. The number of halogens is 1. The first-order valence-corrected chi connectivity index (χ1v) is 9.92. The maximum absolute atomic E-state index is 13.0. The average Bonchev–Trinajstić information content (AvgIpc) is 3.19. The van der Waals surface area contributed by atoms with Crippen molar-refractivity contribution >= 4 is 50.7 Å². The first-order valence-electron chi connectivity index (χ1n) is 8.66. The van der Waals surface area contributed by atoms with Crippen LogP contribution in [0.5, 0.6) is 0 Å². The molecule has 0 bridgehead atoms. The Kier molecular flexibility index (Phi) is 5.04. The number of hydrogen-bond acceptors (Lipinski definition) is 5. The maximum Gasteiger partial charge on any atom is 0.325 e. The zero-order chi connectivity index (χ0) is 20.5. The lowest BCUT2D eigenvalue weighted by molar-refractivity contribution is 0.262. The van der Waals surface area contributed by atoms with Gasteiger partial charge in [0, 0.05) is 41.5 Å². The highest BCUT2D eigenvalue weighted by Gasteiger charge is 2.13. The van der Waals surface area contributed by atoms with Crippen LogP contribution in [0.2, 0.25) is 5.15 Å². The molecule has 0 aliphatic heterocycles. The normalized spacial score (nSPS) is 10.9. The Morgan fingerprint density at radius 2 is 1.97 bits per heavy atom. The second-order valence-electron chi connectivity index (χ2n) is 6.43. The maximum atomic E-state index is 13.0. The third-order valence-corrected chi connectivity index (χ3v) is 5.41. The molecule has 146 valence electrons. The van der Waals surface area contributed by atoms with Gasteiger partial charge in [0.25, 0.3) is 5.56 Å². The van der Waals surface area contributed by atoms with Crippen LogP contribution in [0.1, 0.15) is 5.56 Å². The molecule has 4 rings (SSSR count). The lowest BCUT2D eigenvalue weighted by atomic mass is 9.99. The van der Waals surface area contributed by atoms with Crippen LogP contribution in [-0.2, 0) is 7.05 Å². The second-order valence-corrected chi connectivity index (χ2v) is 7.72. The fourth-order valence-corrected chi connectivity index (χ4v) is 3.74. The molecule has 7 nitrogen and oxygen atoms in total. The summed E-state index contributed by atoms with van der Waals surface area (Å²) < 4.78 is 1.55. The molecular formula is C20H16ClN5O2S. The first-order chi connectivity index (χ1) is 13.9. The van der Waals surface area contributed by atoms with E-state index in [1.807, 2.05) is 13.0 Å². The molecule has 0 radical (unpaired) electrons. The fraction of sp³-hybridized carbons (Fsp3) is 0.100. The summed E-state index contributed by atoms with van der Waals surface area (Å²) in [6.45, 7) is 1.92. The molecule has 0 saturated heterocycles. The number of benzene rings is 1. The number of aryl methyl sites for hydroxylation is 2. The molecule has 4 aromatic rings. The van der Waals surface area contributed by atoms with E-state index in [4.69, 9.17) is 11.6 Å². The SMILES string of the molecule is Cc1ccc(NC(=O)Nc2nccs2)cc1-c1cc2cnc(Cl)cc2n(C)c1=O. The summed E-state index contributed by atoms with van der Waals surface area (Å²) >= 11 is 7.30. The van der Waals surface area contributed by atoms with Gasteiger partial charge in [-0.1, -0.05) is 17.7 Å². The summed E-state index contributed by atoms with van der Waals surface area (Å²) in [6.07, 6.45) is 3.25. The Hall–Kier alpha value is -3.23. The van der Waals surface area contributed by atoms with Gasteiger partial charge >= 0.3 is 6.03 Å². The third-order valence-electron chi connectivity index (χ3n) is 4.51. The van der Waals surface area contributed by atoms with Gasteiger partial charge < -0.3 is 9.88 Å². The van der Waals surface area contributed by atoms with Gasteiger partial charge in [-0.2, -0.15) is 0 Å². The zero-order valence-electron chi connectivity index (χ0n) is 15.6. The number of carbonyl (C=O) groups is 1. The molecule has 0 unspecified atom stereocenters. The Morgan fingerprint density at radius 1 is 1.14 bits per heavy atom. The minimum absolute atomic E-state index is 0.160. The van der Waals surface area contributed by atoms with Crippen molar-refractivity contribution in [2.24, 2.45) is 7.05 Å². The van der Waals surface area contributed by atoms with E-state index in [0.29, 0.717) is 27.1 Å². The summed E-state index contributed by atoms with van der Waals surface area (Å²) in [4.78, 5) is 33.3. The van der Waals surface area contributed by atoms with Crippen LogP contribution in [0.25, 0.3) is 22.0 Å². The number of anilines is 2. The predicted molar refractivity (Wildman–Crippen MR) is 117 cm³/mol. The number of carbonyl (C=O) groups excluding carboxylic acids is 1. The molecular weight excluding hydrogens is 410 g/mol. The third kappa shape index (κ3) is 3.85. The number of amides is 2. The monoisotopic (exact) mass is 425 g/mol. The van der Waals surface area contributed by atoms with Crippen molar-refractivity contribution in [3.8, 4) is 11.1 Å². The smallest absolute Gasteiger partial charge is 0.311 e.